The highest BCUT2D eigenvalue weighted by atomic mass is 15.2. The predicted molar refractivity (Wildman–Crippen MR) is 82.7 cm³/mol. The van der Waals surface area contributed by atoms with Gasteiger partial charge < -0.3 is 14.8 Å². The molecule has 0 spiro atoms. The molecule has 0 fully saturated rings. The number of aromatic nitrogens is 2. The highest BCUT2D eigenvalue weighted by Gasteiger charge is 2.09. The van der Waals surface area contributed by atoms with Crippen LogP contribution in [-0.4, -0.2) is 40.1 Å². The highest BCUT2D eigenvalue weighted by molar-refractivity contribution is 5.27. The molecular formula is C15H30N4. The van der Waals surface area contributed by atoms with Gasteiger partial charge in [-0.25, -0.2) is 4.98 Å². The fourth-order valence-electron chi connectivity index (χ4n) is 2.30. The van der Waals surface area contributed by atoms with Crippen LogP contribution in [0.15, 0.2) is 12.4 Å². The van der Waals surface area contributed by atoms with Gasteiger partial charge in [-0.05, 0) is 53.2 Å². The van der Waals surface area contributed by atoms with Crippen molar-refractivity contribution in [3.05, 3.63) is 12.4 Å². The molecule has 0 amide bonds. The molecule has 110 valence electrons. The summed E-state index contributed by atoms with van der Waals surface area (Å²) in [6.07, 6.45) is 6.32. The number of anilines is 1. The van der Waals surface area contributed by atoms with Gasteiger partial charge >= 0.3 is 0 Å². The second kappa shape index (κ2) is 8.20. The largest absolute Gasteiger partial charge is 0.353 e. The van der Waals surface area contributed by atoms with Crippen molar-refractivity contribution in [2.45, 2.75) is 59.5 Å². The maximum absolute atomic E-state index is 4.39. The van der Waals surface area contributed by atoms with Gasteiger partial charge in [0, 0.05) is 24.5 Å². The zero-order chi connectivity index (χ0) is 14.3. The lowest BCUT2D eigenvalue weighted by atomic mass is 10.2. The molecule has 0 aliphatic rings. The number of imidazole rings is 1. The molecule has 1 aromatic heterocycles. The summed E-state index contributed by atoms with van der Waals surface area (Å²) in [5.41, 5.74) is 0. The van der Waals surface area contributed by atoms with Crippen LogP contribution in [0.5, 0.6) is 0 Å². The van der Waals surface area contributed by atoms with Gasteiger partial charge in [-0.3, -0.25) is 0 Å². The number of nitrogens with one attached hydrogen (secondary N) is 1. The van der Waals surface area contributed by atoms with Crippen LogP contribution in [0.1, 0.15) is 53.5 Å². The van der Waals surface area contributed by atoms with E-state index in [0.29, 0.717) is 12.1 Å². The minimum atomic E-state index is 0.452. The average molecular weight is 266 g/mol. The van der Waals surface area contributed by atoms with Crippen LogP contribution in [0.25, 0.3) is 0 Å². The van der Waals surface area contributed by atoms with Gasteiger partial charge in [0.2, 0.25) is 5.95 Å². The van der Waals surface area contributed by atoms with Gasteiger partial charge in [0.05, 0.1) is 0 Å². The molecule has 0 saturated heterocycles. The first-order chi connectivity index (χ1) is 9.08. The first kappa shape index (κ1) is 16.0. The zero-order valence-corrected chi connectivity index (χ0v) is 13.2. The molecule has 19 heavy (non-hydrogen) atoms. The molecule has 0 bridgehead atoms. The van der Waals surface area contributed by atoms with Crippen molar-refractivity contribution >= 4 is 5.95 Å². The topological polar surface area (TPSA) is 33.1 Å². The van der Waals surface area contributed by atoms with Gasteiger partial charge in [-0.1, -0.05) is 13.8 Å². The minimum absolute atomic E-state index is 0.452. The van der Waals surface area contributed by atoms with E-state index in [9.17, 15) is 0 Å². The van der Waals surface area contributed by atoms with Crippen LogP contribution in [0.4, 0.5) is 5.95 Å². The molecular weight excluding hydrogens is 236 g/mol. The molecule has 4 nitrogen and oxygen atoms in total. The lowest BCUT2D eigenvalue weighted by Gasteiger charge is -2.21. The second-order valence-corrected chi connectivity index (χ2v) is 5.47. The molecule has 1 atom stereocenters. The van der Waals surface area contributed by atoms with E-state index in [1.165, 1.54) is 19.4 Å². The first-order valence-electron chi connectivity index (χ1n) is 7.60. The lowest BCUT2D eigenvalue weighted by Crippen LogP contribution is -2.26. The average Bonchev–Trinajstić information content (AvgIpc) is 2.83. The molecule has 0 aliphatic carbocycles. The van der Waals surface area contributed by atoms with Crippen molar-refractivity contribution in [3.63, 3.8) is 0 Å². The van der Waals surface area contributed by atoms with Crippen molar-refractivity contribution in [2.75, 3.05) is 25.0 Å². The number of rotatable bonds is 9. The summed E-state index contributed by atoms with van der Waals surface area (Å²) in [5, 5.41) is 3.51. The molecule has 0 aromatic carbocycles. The van der Waals surface area contributed by atoms with Gasteiger partial charge in [-0.15, -0.1) is 0 Å². The summed E-state index contributed by atoms with van der Waals surface area (Å²) >= 11 is 0. The highest BCUT2D eigenvalue weighted by Crippen LogP contribution is 2.14. The third-order valence-corrected chi connectivity index (χ3v) is 3.61. The number of nitrogens with zero attached hydrogens (tertiary/aromatic N) is 3. The van der Waals surface area contributed by atoms with Crippen molar-refractivity contribution in [1.29, 1.82) is 0 Å². The van der Waals surface area contributed by atoms with E-state index < -0.39 is 0 Å². The Kier molecular flexibility index (Phi) is 6.92. The van der Waals surface area contributed by atoms with E-state index in [4.69, 9.17) is 0 Å². The fourth-order valence-corrected chi connectivity index (χ4v) is 2.30. The van der Waals surface area contributed by atoms with Crippen LogP contribution in [0.2, 0.25) is 0 Å². The third-order valence-electron chi connectivity index (χ3n) is 3.61. The predicted octanol–water partition coefficient (Wildman–Crippen LogP) is 3.39. The molecule has 1 N–H and O–H groups in total. The maximum Gasteiger partial charge on any atom is 0.203 e. The Morgan fingerprint density at radius 3 is 2.53 bits per heavy atom. The van der Waals surface area contributed by atoms with E-state index in [1.807, 2.05) is 12.4 Å². The summed E-state index contributed by atoms with van der Waals surface area (Å²) < 4.78 is 2.18. The van der Waals surface area contributed by atoms with Crippen LogP contribution >= 0.6 is 0 Å². The summed E-state index contributed by atoms with van der Waals surface area (Å²) in [6.45, 7) is 14.5. The normalized spacial score (nSPS) is 13.2. The zero-order valence-electron chi connectivity index (χ0n) is 13.2. The standard InChI is InChI=1S/C15H30N4/c1-6-18(7-2)11-8-9-14(5)17-15-16-10-12-19(15)13(3)4/h10,12-14H,6-9,11H2,1-5H3,(H,16,17). The molecule has 0 aliphatic heterocycles. The third kappa shape index (κ3) is 5.23. The van der Waals surface area contributed by atoms with E-state index in [0.717, 1.165) is 19.0 Å². The van der Waals surface area contributed by atoms with Gasteiger partial charge in [0.15, 0.2) is 0 Å². The molecule has 4 heteroatoms. The summed E-state index contributed by atoms with van der Waals surface area (Å²) in [4.78, 5) is 6.87. The Balaban J connectivity index is 2.34. The Morgan fingerprint density at radius 2 is 1.95 bits per heavy atom. The van der Waals surface area contributed by atoms with Crippen LogP contribution in [0, 0.1) is 0 Å². The van der Waals surface area contributed by atoms with Crippen LogP contribution in [0.3, 0.4) is 0 Å². The van der Waals surface area contributed by atoms with Crippen molar-refractivity contribution in [3.8, 4) is 0 Å². The van der Waals surface area contributed by atoms with Crippen LogP contribution in [-0.2, 0) is 0 Å². The molecule has 1 unspecified atom stereocenters. The Hall–Kier alpha value is -1.03. The minimum Gasteiger partial charge on any atom is -0.353 e. The Morgan fingerprint density at radius 1 is 1.26 bits per heavy atom. The summed E-state index contributed by atoms with van der Waals surface area (Å²) in [5.74, 6) is 0.991. The Bertz CT molecular complexity index is 342. The van der Waals surface area contributed by atoms with Crippen molar-refractivity contribution in [1.82, 2.24) is 14.5 Å². The molecule has 0 saturated carbocycles. The summed E-state index contributed by atoms with van der Waals surface area (Å²) in [6, 6.07) is 0.920. The molecule has 1 heterocycles. The van der Waals surface area contributed by atoms with Crippen LogP contribution < -0.4 is 5.32 Å². The number of hydrogen-bond donors (Lipinski definition) is 1. The van der Waals surface area contributed by atoms with E-state index in [1.54, 1.807) is 0 Å². The van der Waals surface area contributed by atoms with Crippen molar-refractivity contribution in [2.24, 2.45) is 0 Å². The lowest BCUT2D eigenvalue weighted by molar-refractivity contribution is 0.295. The molecule has 1 rings (SSSR count). The first-order valence-corrected chi connectivity index (χ1v) is 7.60. The quantitative estimate of drug-likeness (QED) is 0.744. The van der Waals surface area contributed by atoms with Gasteiger partial charge in [0.25, 0.3) is 0 Å². The van der Waals surface area contributed by atoms with Gasteiger partial charge in [-0.2, -0.15) is 0 Å². The van der Waals surface area contributed by atoms with E-state index in [-0.39, 0.29) is 0 Å². The Labute approximate surface area is 118 Å². The second-order valence-electron chi connectivity index (χ2n) is 5.47. The summed E-state index contributed by atoms with van der Waals surface area (Å²) in [7, 11) is 0. The van der Waals surface area contributed by atoms with Crippen molar-refractivity contribution < 1.29 is 0 Å². The fraction of sp³-hybridized carbons (Fsp3) is 0.800. The SMILES string of the molecule is CCN(CC)CCCC(C)Nc1nccn1C(C)C. The van der Waals surface area contributed by atoms with E-state index in [2.05, 4.69) is 54.4 Å². The number of hydrogen-bond acceptors (Lipinski definition) is 3. The maximum atomic E-state index is 4.39. The molecule has 0 radical (unpaired) electrons. The van der Waals surface area contributed by atoms with E-state index >= 15 is 0 Å². The smallest absolute Gasteiger partial charge is 0.203 e. The molecule has 1 aromatic rings. The van der Waals surface area contributed by atoms with Gasteiger partial charge in [0.1, 0.15) is 0 Å². The monoisotopic (exact) mass is 266 g/mol.